The Kier molecular flexibility index (Phi) is 4.35. The van der Waals surface area contributed by atoms with Gasteiger partial charge in [0.15, 0.2) is 11.7 Å². The van der Waals surface area contributed by atoms with E-state index in [1.807, 2.05) is 0 Å². The van der Waals surface area contributed by atoms with E-state index in [4.69, 9.17) is 9.47 Å². The predicted molar refractivity (Wildman–Crippen MR) is 75.0 cm³/mol. The lowest BCUT2D eigenvalue weighted by Gasteiger charge is -2.09. The van der Waals surface area contributed by atoms with Crippen molar-refractivity contribution in [3.63, 3.8) is 0 Å². The second-order valence-corrected chi connectivity index (χ2v) is 4.03. The van der Waals surface area contributed by atoms with Crippen LogP contribution in [0.4, 0.5) is 8.78 Å². The molecule has 0 unspecified atom stereocenters. The molecular weight excluding hydrogens is 262 g/mol. The molecule has 0 saturated heterocycles. The standard InChI is InChI=1S/C16H14F2O2/c1-19-13-9-5-3-7-11(13)15(17)16(18)12-8-4-6-10-14(12)20-2/h3-10H,1-2H3/b16-15+. The quantitative estimate of drug-likeness (QED) is 0.767. The number of hydrogen-bond acceptors (Lipinski definition) is 2. The smallest absolute Gasteiger partial charge is 0.170 e. The molecule has 20 heavy (non-hydrogen) atoms. The molecule has 0 amide bonds. The number of rotatable bonds is 4. The van der Waals surface area contributed by atoms with Gasteiger partial charge in [-0.1, -0.05) is 24.3 Å². The van der Waals surface area contributed by atoms with Crippen LogP contribution in [0, 0.1) is 0 Å². The molecule has 0 aliphatic heterocycles. The van der Waals surface area contributed by atoms with Crippen molar-refractivity contribution < 1.29 is 18.3 Å². The molecule has 2 aromatic carbocycles. The molecule has 0 aromatic heterocycles. The van der Waals surface area contributed by atoms with Crippen LogP contribution in [-0.2, 0) is 0 Å². The molecule has 0 spiro atoms. The van der Waals surface area contributed by atoms with Gasteiger partial charge in [0, 0.05) is 0 Å². The molecule has 2 aromatic rings. The third kappa shape index (κ3) is 2.64. The Bertz CT molecular complexity index is 580. The Hall–Kier alpha value is -2.36. The topological polar surface area (TPSA) is 18.5 Å². The number of methoxy groups -OCH3 is 2. The number of hydrogen-bond donors (Lipinski definition) is 0. The van der Waals surface area contributed by atoms with Gasteiger partial charge in [0.1, 0.15) is 11.5 Å². The van der Waals surface area contributed by atoms with E-state index < -0.39 is 11.7 Å². The van der Waals surface area contributed by atoms with Crippen molar-refractivity contribution in [3.05, 3.63) is 59.7 Å². The molecule has 4 heteroatoms. The Balaban J connectivity index is 2.56. The summed E-state index contributed by atoms with van der Waals surface area (Å²) in [5, 5.41) is 0. The van der Waals surface area contributed by atoms with E-state index in [2.05, 4.69) is 0 Å². The van der Waals surface area contributed by atoms with Gasteiger partial charge < -0.3 is 9.47 Å². The third-order valence-corrected chi connectivity index (χ3v) is 2.88. The van der Waals surface area contributed by atoms with Gasteiger partial charge >= 0.3 is 0 Å². The van der Waals surface area contributed by atoms with Crippen LogP contribution < -0.4 is 9.47 Å². The highest BCUT2D eigenvalue weighted by Crippen LogP contribution is 2.36. The van der Waals surface area contributed by atoms with Gasteiger partial charge in [-0.25, -0.2) is 8.78 Å². The van der Waals surface area contributed by atoms with Crippen LogP contribution in [0.5, 0.6) is 11.5 Å². The van der Waals surface area contributed by atoms with Crippen molar-refractivity contribution in [2.24, 2.45) is 0 Å². The van der Waals surface area contributed by atoms with Gasteiger partial charge in [-0.05, 0) is 24.3 Å². The maximum atomic E-state index is 14.3. The molecule has 0 aliphatic rings. The van der Waals surface area contributed by atoms with Crippen molar-refractivity contribution in [3.8, 4) is 11.5 Å². The minimum Gasteiger partial charge on any atom is -0.496 e. The van der Waals surface area contributed by atoms with E-state index in [0.29, 0.717) is 0 Å². The first-order valence-corrected chi connectivity index (χ1v) is 6.01. The van der Waals surface area contributed by atoms with Crippen LogP contribution in [0.3, 0.4) is 0 Å². The maximum absolute atomic E-state index is 14.3. The summed E-state index contributed by atoms with van der Waals surface area (Å²) in [7, 11) is 2.82. The number of halogens is 2. The summed E-state index contributed by atoms with van der Waals surface area (Å²) in [5.41, 5.74) is 0.136. The van der Waals surface area contributed by atoms with Gasteiger partial charge in [0.2, 0.25) is 0 Å². The zero-order valence-electron chi connectivity index (χ0n) is 11.2. The van der Waals surface area contributed by atoms with Crippen molar-refractivity contribution in [2.75, 3.05) is 14.2 Å². The van der Waals surface area contributed by atoms with E-state index in [1.54, 1.807) is 36.4 Å². The van der Waals surface area contributed by atoms with Gasteiger partial charge in [0.05, 0.1) is 25.3 Å². The molecule has 0 bridgehead atoms. The number of ether oxygens (including phenoxy) is 2. The summed E-state index contributed by atoms with van der Waals surface area (Å²) in [6.45, 7) is 0. The van der Waals surface area contributed by atoms with Gasteiger partial charge in [-0.15, -0.1) is 0 Å². The molecule has 0 N–H and O–H groups in total. The van der Waals surface area contributed by atoms with E-state index in [-0.39, 0.29) is 22.6 Å². The Morgan fingerprint density at radius 3 is 1.40 bits per heavy atom. The van der Waals surface area contributed by atoms with Crippen LogP contribution in [0.2, 0.25) is 0 Å². The fraction of sp³-hybridized carbons (Fsp3) is 0.125. The van der Waals surface area contributed by atoms with Crippen LogP contribution in [0.25, 0.3) is 11.7 Å². The fourth-order valence-electron chi connectivity index (χ4n) is 1.89. The second kappa shape index (κ2) is 6.19. The van der Waals surface area contributed by atoms with Gasteiger partial charge in [-0.2, -0.15) is 0 Å². The van der Waals surface area contributed by atoms with Crippen molar-refractivity contribution in [1.29, 1.82) is 0 Å². The molecule has 2 rings (SSSR count). The summed E-state index contributed by atoms with van der Waals surface area (Å²) in [6, 6.07) is 12.7. The van der Waals surface area contributed by atoms with Crippen molar-refractivity contribution >= 4 is 11.7 Å². The monoisotopic (exact) mass is 276 g/mol. The number of benzene rings is 2. The van der Waals surface area contributed by atoms with E-state index in [1.165, 1.54) is 26.4 Å². The lowest BCUT2D eigenvalue weighted by Crippen LogP contribution is -1.93. The van der Waals surface area contributed by atoms with Crippen LogP contribution in [-0.4, -0.2) is 14.2 Å². The maximum Gasteiger partial charge on any atom is 0.170 e. The van der Waals surface area contributed by atoms with Crippen LogP contribution >= 0.6 is 0 Å². The van der Waals surface area contributed by atoms with Crippen LogP contribution in [0.15, 0.2) is 48.5 Å². The zero-order valence-corrected chi connectivity index (χ0v) is 11.2. The normalized spacial score (nSPS) is 11.8. The highest BCUT2D eigenvalue weighted by atomic mass is 19.2. The minimum atomic E-state index is -0.980. The largest absolute Gasteiger partial charge is 0.496 e. The Morgan fingerprint density at radius 1 is 0.700 bits per heavy atom. The first-order valence-electron chi connectivity index (χ1n) is 6.01. The lowest BCUT2D eigenvalue weighted by atomic mass is 10.1. The summed E-state index contributed by atoms with van der Waals surface area (Å²) < 4.78 is 38.8. The highest BCUT2D eigenvalue weighted by molar-refractivity contribution is 5.86. The first-order chi connectivity index (χ1) is 9.69. The fourth-order valence-corrected chi connectivity index (χ4v) is 1.89. The molecule has 0 aliphatic carbocycles. The van der Waals surface area contributed by atoms with E-state index in [0.717, 1.165) is 0 Å². The second-order valence-electron chi connectivity index (χ2n) is 4.03. The van der Waals surface area contributed by atoms with Crippen molar-refractivity contribution in [1.82, 2.24) is 0 Å². The molecule has 2 nitrogen and oxygen atoms in total. The molecule has 0 fully saturated rings. The first kappa shape index (κ1) is 14.1. The lowest BCUT2D eigenvalue weighted by molar-refractivity contribution is 0.410. The number of para-hydroxylation sites is 2. The molecule has 0 heterocycles. The summed E-state index contributed by atoms with van der Waals surface area (Å²) in [5.74, 6) is -1.41. The van der Waals surface area contributed by atoms with Crippen molar-refractivity contribution in [2.45, 2.75) is 0 Å². The van der Waals surface area contributed by atoms with Crippen LogP contribution in [0.1, 0.15) is 11.1 Å². The molecule has 0 atom stereocenters. The molecule has 104 valence electrons. The predicted octanol–water partition coefficient (Wildman–Crippen LogP) is 4.47. The summed E-state index contributed by atoms with van der Waals surface area (Å²) >= 11 is 0. The van der Waals surface area contributed by atoms with Gasteiger partial charge in [0.25, 0.3) is 0 Å². The van der Waals surface area contributed by atoms with E-state index >= 15 is 0 Å². The summed E-state index contributed by atoms with van der Waals surface area (Å²) in [4.78, 5) is 0. The Labute approximate surface area is 116 Å². The highest BCUT2D eigenvalue weighted by Gasteiger charge is 2.17. The SMILES string of the molecule is COc1ccccc1/C(F)=C(\F)c1ccccc1OC. The average Bonchev–Trinajstić information content (AvgIpc) is 2.53. The van der Waals surface area contributed by atoms with E-state index in [9.17, 15) is 8.78 Å². The molecular formula is C16H14F2O2. The zero-order chi connectivity index (χ0) is 14.5. The Morgan fingerprint density at radius 2 is 1.05 bits per heavy atom. The molecule has 0 saturated carbocycles. The molecule has 0 radical (unpaired) electrons. The minimum absolute atomic E-state index is 0.0680. The average molecular weight is 276 g/mol. The van der Waals surface area contributed by atoms with Gasteiger partial charge in [-0.3, -0.25) is 0 Å². The third-order valence-electron chi connectivity index (χ3n) is 2.88. The summed E-state index contributed by atoms with van der Waals surface area (Å²) in [6.07, 6.45) is 0.